The molecule has 0 aliphatic rings. The molecule has 4 nitrogen and oxygen atoms in total. The SMILES string of the molecule is CN(CCC(N)C(=O)O)c1cc(Br)ccc1F. The molecule has 1 aromatic rings. The van der Waals surface area contributed by atoms with Crippen LogP contribution < -0.4 is 10.6 Å². The minimum absolute atomic E-state index is 0.262. The monoisotopic (exact) mass is 304 g/mol. The lowest BCUT2D eigenvalue weighted by atomic mass is 10.2. The van der Waals surface area contributed by atoms with Crippen molar-refractivity contribution in [3.63, 3.8) is 0 Å². The van der Waals surface area contributed by atoms with E-state index in [0.717, 1.165) is 4.47 Å². The van der Waals surface area contributed by atoms with E-state index in [1.807, 2.05) is 0 Å². The lowest BCUT2D eigenvalue weighted by Gasteiger charge is -2.21. The summed E-state index contributed by atoms with van der Waals surface area (Å²) in [5, 5.41) is 8.64. The second-order valence-corrected chi connectivity index (χ2v) is 4.67. The molecule has 1 unspecified atom stereocenters. The summed E-state index contributed by atoms with van der Waals surface area (Å²) in [5.41, 5.74) is 5.80. The molecule has 6 heteroatoms. The molecule has 1 atom stereocenters. The van der Waals surface area contributed by atoms with Crippen molar-refractivity contribution in [2.75, 3.05) is 18.5 Å². The van der Waals surface area contributed by atoms with Gasteiger partial charge in [-0.3, -0.25) is 4.79 Å². The quantitative estimate of drug-likeness (QED) is 0.871. The number of nitrogens with zero attached hydrogens (tertiary/aromatic N) is 1. The molecule has 94 valence electrons. The molecule has 0 aromatic heterocycles. The highest BCUT2D eigenvalue weighted by atomic mass is 79.9. The number of rotatable bonds is 5. The smallest absolute Gasteiger partial charge is 0.320 e. The van der Waals surface area contributed by atoms with Gasteiger partial charge in [-0.05, 0) is 24.6 Å². The number of hydrogen-bond donors (Lipinski definition) is 2. The van der Waals surface area contributed by atoms with Gasteiger partial charge in [0.2, 0.25) is 0 Å². The molecule has 1 aromatic carbocycles. The van der Waals surface area contributed by atoms with Crippen LogP contribution in [-0.4, -0.2) is 30.7 Å². The van der Waals surface area contributed by atoms with E-state index in [0.29, 0.717) is 12.2 Å². The van der Waals surface area contributed by atoms with Crippen LogP contribution in [0.15, 0.2) is 22.7 Å². The number of carbonyl (C=O) groups is 1. The van der Waals surface area contributed by atoms with E-state index in [4.69, 9.17) is 10.8 Å². The maximum absolute atomic E-state index is 13.5. The van der Waals surface area contributed by atoms with Crippen molar-refractivity contribution in [2.45, 2.75) is 12.5 Å². The number of hydrogen-bond acceptors (Lipinski definition) is 3. The zero-order valence-electron chi connectivity index (χ0n) is 9.36. The number of carboxylic acids is 1. The average Bonchev–Trinajstić information content (AvgIpc) is 2.28. The molecule has 0 heterocycles. The highest BCUT2D eigenvalue weighted by Gasteiger charge is 2.14. The number of carboxylic acid groups (broad SMARTS) is 1. The van der Waals surface area contributed by atoms with E-state index in [9.17, 15) is 9.18 Å². The van der Waals surface area contributed by atoms with Crippen LogP contribution in [0.4, 0.5) is 10.1 Å². The van der Waals surface area contributed by atoms with Crippen LogP contribution in [0.2, 0.25) is 0 Å². The molecular formula is C11H14BrFN2O2. The van der Waals surface area contributed by atoms with Gasteiger partial charge >= 0.3 is 5.97 Å². The Morgan fingerprint density at radius 1 is 1.65 bits per heavy atom. The van der Waals surface area contributed by atoms with Crippen LogP contribution in [0.5, 0.6) is 0 Å². The topological polar surface area (TPSA) is 66.6 Å². The highest BCUT2D eigenvalue weighted by molar-refractivity contribution is 9.10. The van der Waals surface area contributed by atoms with E-state index in [2.05, 4.69) is 15.9 Å². The summed E-state index contributed by atoms with van der Waals surface area (Å²) in [6, 6.07) is 3.68. The van der Waals surface area contributed by atoms with Crippen LogP contribution >= 0.6 is 15.9 Å². The lowest BCUT2D eigenvalue weighted by Crippen LogP contribution is -2.34. The first-order chi connectivity index (χ1) is 7.91. The van der Waals surface area contributed by atoms with Gasteiger partial charge in [-0.2, -0.15) is 0 Å². The van der Waals surface area contributed by atoms with Crippen LogP contribution in [0.1, 0.15) is 6.42 Å². The Hall–Kier alpha value is -1.14. The predicted octanol–water partition coefficient (Wildman–Crippen LogP) is 1.83. The number of aliphatic carboxylic acids is 1. The lowest BCUT2D eigenvalue weighted by molar-refractivity contribution is -0.138. The van der Waals surface area contributed by atoms with Gasteiger partial charge in [0.25, 0.3) is 0 Å². The fourth-order valence-corrected chi connectivity index (χ4v) is 1.70. The van der Waals surface area contributed by atoms with Crippen LogP contribution in [0.3, 0.4) is 0 Å². The second-order valence-electron chi connectivity index (χ2n) is 3.75. The van der Waals surface area contributed by atoms with Gasteiger partial charge in [0.1, 0.15) is 11.9 Å². The molecule has 0 saturated heterocycles. The largest absolute Gasteiger partial charge is 0.480 e. The maximum atomic E-state index is 13.5. The van der Waals surface area contributed by atoms with E-state index in [-0.39, 0.29) is 12.2 Å². The third kappa shape index (κ3) is 3.98. The summed E-state index contributed by atoms with van der Waals surface area (Å²) in [7, 11) is 1.69. The first-order valence-corrected chi connectivity index (χ1v) is 5.85. The molecule has 0 saturated carbocycles. The molecule has 0 aliphatic heterocycles. The summed E-state index contributed by atoms with van der Waals surface area (Å²) >= 11 is 3.26. The molecular weight excluding hydrogens is 291 g/mol. The third-order valence-electron chi connectivity index (χ3n) is 2.41. The van der Waals surface area contributed by atoms with E-state index < -0.39 is 12.0 Å². The van der Waals surface area contributed by atoms with Crippen molar-refractivity contribution in [2.24, 2.45) is 5.73 Å². The van der Waals surface area contributed by atoms with Crippen molar-refractivity contribution in [3.8, 4) is 0 Å². The van der Waals surface area contributed by atoms with Crippen molar-refractivity contribution in [1.29, 1.82) is 0 Å². The normalized spacial score (nSPS) is 12.2. The number of nitrogens with two attached hydrogens (primary N) is 1. The standard InChI is InChI=1S/C11H14BrFN2O2/c1-15(5-4-9(14)11(16)17)10-6-7(12)2-3-8(10)13/h2-3,6,9H,4-5,14H2,1H3,(H,16,17). The zero-order chi connectivity index (χ0) is 13.0. The molecule has 0 aliphatic carbocycles. The molecule has 3 N–H and O–H groups in total. The van der Waals surface area contributed by atoms with Gasteiger partial charge in [0.15, 0.2) is 0 Å². The Morgan fingerprint density at radius 3 is 2.88 bits per heavy atom. The van der Waals surface area contributed by atoms with Gasteiger partial charge < -0.3 is 15.7 Å². The fourth-order valence-electron chi connectivity index (χ4n) is 1.36. The maximum Gasteiger partial charge on any atom is 0.320 e. The summed E-state index contributed by atoms with van der Waals surface area (Å²) < 4.78 is 14.3. The molecule has 0 fully saturated rings. The van der Waals surface area contributed by atoms with Gasteiger partial charge in [-0.15, -0.1) is 0 Å². The first-order valence-electron chi connectivity index (χ1n) is 5.06. The van der Waals surface area contributed by atoms with Crippen LogP contribution in [-0.2, 0) is 4.79 Å². The van der Waals surface area contributed by atoms with E-state index in [1.165, 1.54) is 6.07 Å². The Morgan fingerprint density at radius 2 is 2.29 bits per heavy atom. The van der Waals surface area contributed by atoms with Gasteiger partial charge in [-0.25, -0.2) is 4.39 Å². The Balaban J connectivity index is 2.66. The highest BCUT2D eigenvalue weighted by Crippen LogP contribution is 2.23. The van der Waals surface area contributed by atoms with E-state index in [1.54, 1.807) is 24.1 Å². The zero-order valence-corrected chi connectivity index (χ0v) is 10.9. The van der Waals surface area contributed by atoms with Gasteiger partial charge in [0, 0.05) is 18.1 Å². The summed E-state index contributed by atoms with van der Waals surface area (Å²) in [5.74, 6) is -1.40. The third-order valence-corrected chi connectivity index (χ3v) is 2.91. The summed E-state index contributed by atoms with van der Waals surface area (Å²) in [4.78, 5) is 12.2. The summed E-state index contributed by atoms with van der Waals surface area (Å²) in [6.45, 7) is 0.376. The first kappa shape index (κ1) is 13.9. The number of benzene rings is 1. The van der Waals surface area contributed by atoms with Crippen LogP contribution in [0, 0.1) is 5.82 Å². The predicted molar refractivity (Wildman–Crippen MR) is 67.6 cm³/mol. The Kier molecular flexibility index (Phi) is 4.89. The minimum atomic E-state index is -1.05. The minimum Gasteiger partial charge on any atom is -0.480 e. The van der Waals surface area contributed by atoms with Crippen molar-refractivity contribution >= 4 is 27.6 Å². The number of halogens is 2. The number of anilines is 1. The van der Waals surface area contributed by atoms with Crippen molar-refractivity contribution in [1.82, 2.24) is 0 Å². The second kappa shape index (κ2) is 5.97. The summed E-state index contributed by atoms with van der Waals surface area (Å²) in [6.07, 6.45) is 0.262. The van der Waals surface area contributed by atoms with Crippen molar-refractivity contribution in [3.05, 3.63) is 28.5 Å². The molecule has 0 bridgehead atoms. The molecule has 0 radical (unpaired) electrons. The van der Waals surface area contributed by atoms with Gasteiger partial charge in [0.05, 0.1) is 5.69 Å². The van der Waals surface area contributed by atoms with Crippen molar-refractivity contribution < 1.29 is 14.3 Å². The van der Waals surface area contributed by atoms with E-state index >= 15 is 0 Å². The fraction of sp³-hybridized carbons (Fsp3) is 0.364. The van der Waals surface area contributed by atoms with Gasteiger partial charge in [-0.1, -0.05) is 15.9 Å². The Labute approximate surface area is 107 Å². The molecule has 0 spiro atoms. The molecule has 17 heavy (non-hydrogen) atoms. The molecule has 1 rings (SSSR count). The average molecular weight is 305 g/mol. The molecule has 0 amide bonds. The van der Waals surface area contributed by atoms with Crippen LogP contribution in [0.25, 0.3) is 0 Å². The Bertz CT molecular complexity index is 414.